The van der Waals surface area contributed by atoms with Crippen LogP contribution in [0, 0.1) is 0 Å². The van der Waals surface area contributed by atoms with Crippen molar-refractivity contribution < 1.29 is 0 Å². The van der Waals surface area contributed by atoms with Crippen molar-refractivity contribution in [3.63, 3.8) is 0 Å². The van der Waals surface area contributed by atoms with Crippen molar-refractivity contribution in [2.75, 3.05) is 12.3 Å². The third-order valence-corrected chi connectivity index (χ3v) is 17.4. The first-order valence-electron chi connectivity index (χ1n) is 14.0. The molecule has 0 spiro atoms. The number of hydrogen-bond donors (Lipinski definition) is 0. The summed E-state index contributed by atoms with van der Waals surface area (Å²) in [5.41, 5.74) is 2.03. The molecular weight excluding hydrogens is 398 g/mol. The van der Waals surface area contributed by atoms with Gasteiger partial charge in [0, 0.05) is 0 Å². The summed E-state index contributed by atoms with van der Waals surface area (Å²) in [5.74, 6) is 0. The highest BCUT2D eigenvalue weighted by atomic mass is 31.1. The molecule has 0 N–H and O–H groups in total. The lowest BCUT2D eigenvalue weighted by Crippen LogP contribution is -2.34. The van der Waals surface area contributed by atoms with Crippen molar-refractivity contribution >= 4 is 15.8 Å². The number of hydrogen-bond acceptors (Lipinski definition) is 0. The lowest BCUT2D eigenvalue weighted by atomic mass is 9.91. The molecule has 178 valence electrons. The van der Waals surface area contributed by atoms with Gasteiger partial charge in [0.1, 0.15) is 0 Å². The zero-order chi connectivity index (χ0) is 22.0. The molecule has 2 saturated heterocycles. The molecule has 0 amide bonds. The summed E-state index contributed by atoms with van der Waals surface area (Å²) in [6.45, 7) is 15.1. The van der Waals surface area contributed by atoms with Crippen LogP contribution in [0.15, 0.2) is 0 Å². The maximum atomic E-state index is 2.75. The molecule has 2 rings (SSSR count). The van der Waals surface area contributed by atoms with Gasteiger partial charge in [0.15, 0.2) is 0 Å². The van der Waals surface area contributed by atoms with Crippen LogP contribution in [0.4, 0.5) is 0 Å². The molecule has 2 aliphatic rings. The van der Waals surface area contributed by atoms with Crippen molar-refractivity contribution in [1.82, 2.24) is 0 Å². The molecule has 0 saturated carbocycles. The largest absolute Gasteiger partial charge is 0.0968 e. The van der Waals surface area contributed by atoms with Gasteiger partial charge in [-0.1, -0.05) is 109 Å². The number of unbranched alkanes of at least 4 members (excludes halogenated alkanes) is 4. The fourth-order valence-corrected chi connectivity index (χ4v) is 16.2. The molecule has 30 heavy (non-hydrogen) atoms. The summed E-state index contributed by atoms with van der Waals surface area (Å²) in [6, 6.07) is 0. The Labute approximate surface area is 194 Å². The van der Waals surface area contributed by atoms with Gasteiger partial charge in [-0.15, -0.1) is 0 Å². The molecule has 2 heterocycles. The van der Waals surface area contributed by atoms with Crippen molar-refractivity contribution in [1.29, 1.82) is 0 Å². The van der Waals surface area contributed by atoms with E-state index in [0.717, 1.165) is 21.6 Å². The molecule has 4 unspecified atom stereocenters. The van der Waals surface area contributed by atoms with E-state index in [1.54, 1.807) is 63.7 Å². The zero-order valence-corrected chi connectivity index (χ0v) is 23.6. The summed E-state index contributed by atoms with van der Waals surface area (Å²) in [4.78, 5) is 0. The standard InChI is InChI=1S/C28H56P2/c1-7-11-17-27(18-12-8-2)21-15-23-29(27)25(5)26(6)30-24-16-22-28(30,19-13-9-3)20-14-10-4/h25-26H,7-24H2,1-6H3. The first-order chi connectivity index (χ1) is 14.5. The molecule has 0 aromatic rings. The highest BCUT2D eigenvalue weighted by Gasteiger charge is 2.49. The van der Waals surface area contributed by atoms with E-state index < -0.39 is 0 Å². The van der Waals surface area contributed by atoms with Crippen LogP contribution in [0.2, 0.25) is 0 Å². The Hall–Kier alpha value is 0.860. The Kier molecular flexibility index (Phi) is 12.2. The van der Waals surface area contributed by atoms with Gasteiger partial charge in [0.05, 0.1) is 0 Å². The lowest BCUT2D eigenvalue weighted by molar-refractivity contribution is 0.438. The summed E-state index contributed by atoms with van der Waals surface area (Å²) >= 11 is 0. The summed E-state index contributed by atoms with van der Waals surface area (Å²) in [7, 11) is 0.432. The molecule has 0 aliphatic carbocycles. The van der Waals surface area contributed by atoms with Crippen LogP contribution in [0.25, 0.3) is 0 Å². The lowest BCUT2D eigenvalue weighted by Gasteiger charge is -2.47. The second-order valence-electron chi connectivity index (χ2n) is 10.9. The minimum atomic E-state index is 0.216. The highest BCUT2D eigenvalue weighted by Crippen LogP contribution is 2.72. The Morgan fingerprint density at radius 3 is 1.13 bits per heavy atom. The van der Waals surface area contributed by atoms with Crippen molar-refractivity contribution in [3.05, 3.63) is 0 Å². The second-order valence-corrected chi connectivity index (χ2v) is 17.2. The van der Waals surface area contributed by atoms with Gasteiger partial charge in [-0.05, 0) is 85.3 Å². The summed E-state index contributed by atoms with van der Waals surface area (Å²) < 4.78 is 0. The van der Waals surface area contributed by atoms with E-state index in [4.69, 9.17) is 0 Å². The van der Waals surface area contributed by atoms with E-state index in [2.05, 4.69) is 41.5 Å². The molecule has 4 atom stereocenters. The van der Waals surface area contributed by atoms with Crippen LogP contribution in [-0.2, 0) is 0 Å². The van der Waals surface area contributed by atoms with E-state index in [1.165, 1.54) is 51.4 Å². The second kappa shape index (κ2) is 13.5. The summed E-state index contributed by atoms with van der Waals surface area (Å²) in [6.07, 6.45) is 27.2. The van der Waals surface area contributed by atoms with Gasteiger partial charge < -0.3 is 0 Å². The number of rotatable bonds is 15. The maximum Gasteiger partial charge on any atom is -0.00917 e. The van der Waals surface area contributed by atoms with Gasteiger partial charge in [-0.25, -0.2) is 0 Å². The van der Waals surface area contributed by atoms with Crippen LogP contribution in [0.3, 0.4) is 0 Å². The third-order valence-electron chi connectivity index (χ3n) is 8.96. The van der Waals surface area contributed by atoms with Gasteiger partial charge in [0.2, 0.25) is 0 Å². The monoisotopic (exact) mass is 454 g/mol. The fourth-order valence-electron chi connectivity index (χ4n) is 7.06. The predicted octanol–water partition coefficient (Wildman–Crippen LogP) is 10.6. The van der Waals surface area contributed by atoms with E-state index in [1.807, 2.05) is 0 Å². The maximum absolute atomic E-state index is 2.75. The topological polar surface area (TPSA) is 0 Å². The molecule has 2 heteroatoms. The normalized spacial score (nSPS) is 27.4. The third kappa shape index (κ3) is 6.47. The molecule has 0 radical (unpaired) electrons. The molecular formula is C28H56P2. The van der Waals surface area contributed by atoms with Crippen molar-refractivity contribution in [2.45, 2.75) is 166 Å². The van der Waals surface area contributed by atoms with Crippen LogP contribution in [-0.4, -0.2) is 34.0 Å². The van der Waals surface area contributed by atoms with Crippen molar-refractivity contribution in [3.8, 4) is 0 Å². The fraction of sp³-hybridized carbons (Fsp3) is 1.00. The smallest absolute Gasteiger partial charge is 0.00917 e. The predicted molar refractivity (Wildman–Crippen MR) is 145 cm³/mol. The van der Waals surface area contributed by atoms with E-state index >= 15 is 0 Å². The molecule has 0 bridgehead atoms. The van der Waals surface area contributed by atoms with Crippen LogP contribution >= 0.6 is 15.8 Å². The van der Waals surface area contributed by atoms with Crippen molar-refractivity contribution in [2.24, 2.45) is 0 Å². The quantitative estimate of drug-likeness (QED) is 0.216. The van der Waals surface area contributed by atoms with Gasteiger partial charge in [-0.2, -0.15) is 0 Å². The Balaban J connectivity index is 2.20. The Morgan fingerprint density at radius 2 is 0.867 bits per heavy atom. The zero-order valence-electron chi connectivity index (χ0n) is 21.8. The molecule has 2 fully saturated rings. The highest BCUT2D eigenvalue weighted by molar-refractivity contribution is 7.64. The molecule has 0 aromatic heterocycles. The van der Waals surface area contributed by atoms with E-state index in [0.29, 0.717) is 0 Å². The SMILES string of the molecule is CCCCC1(CCCC)CCCP1C(C)C(C)P1CCCC1(CCCC)CCCC. The minimum Gasteiger partial charge on any atom is -0.0968 e. The van der Waals surface area contributed by atoms with E-state index in [-0.39, 0.29) is 15.8 Å². The average Bonchev–Trinajstić information content (AvgIpc) is 3.37. The van der Waals surface area contributed by atoms with E-state index in [9.17, 15) is 0 Å². The van der Waals surface area contributed by atoms with Crippen LogP contribution in [0.5, 0.6) is 0 Å². The van der Waals surface area contributed by atoms with Crippen LogP contribution < -0.4 is 0 Å². The summed E-state index contributed by atoms with van der Waals surface area (Å²) in [5, 5.41) is 1.53. The van der Waals surface area contributed by atoms with Gasteiger partial charge in [0.25, 0.3) is 0 Å². The first-order valence-corrected chi connectivity index (χ1v) is 17.2. The van der Waals surface area contributed by atoms with Crippen LogP contribution in [0.1, 0.15) is 144 Å². The Morgan fingerprint density at radius 1 is 0.567 bits per heavy atom. The van der Waals surface area contributed by atoms with Gasteiger partial charge in [-0.3, -0.25) is 0 Å². The first kappa shape index (κ1) is 27.1. The Bertz CT molecular complexity index is 402. The molecule has 0 aromatic carbocycles. The minimum absolute atomic E-state index is 0.216. The molecule has 0 nitrogen and oxygen atoms in total. The average molecular weight is 455 g/mol. The van der Waals surface area contributed by atoms with Gasteiger partial charge >= 0.3 is 0 Å². The molecule has 2 aliphatic heterocycles.